The number of piperazine rings is 1. The van der Waals surface area contributed by atoms with Crippen LogP contribution in [0.4, 0.5) is 4.39 Å². The Balaban J connectivity index is 1.54. The molecule has 1 saturated heterocycles. The average molecular weight is 512 g/mol. The van der Waals surface area contributed by atoms with E-state index >= 15 is 0 Å². The average Bonchev–Trinajstić information content (AvgIpc) is 3.45. The Bertz CT molecular complexity index is 1490. The van der Waals surface area contributed by atoms with Gasteiger partial charge < -0.3 is 4.52 Å². The normalized spacial score (nSPS) is 17.9. The Morgan fingerprint density at radius 1 is 1.14 bits per heavy atom. The van der Waals surface area contributed by atoms with Gasteiger partial charge in [0.25, 0.3) is 0 Å². The smallest absolute Gasteiger partial charge is 0.248 e. The highest BCUT2D eigenvalue weighted by molar-refractivity contribution is 7.89. The van der Waals surface area contributed by atoms with Crippen LogP contribution in [0.5, 0.6) is 0 Å². The van der Waals surface area contributed by atoms with Crippen molar-refractivity contribution >= 4 is 20.9 Å². The summed E-state index contributed by atoms with van der Waals surface area (Å²) in [7, 11) is -3.73. The fraction of sp³-hybridized carbons (Fsp3) is 0.385. The third kappa shape index (κ3) is 4.44. The molecule has 0 saturated carbocycles. The number of sulfonamides is 1. The molecule has 0 aliphatic carbocycles. The van der Waals surface area contributed by atoms with Crippen LogP contribution in [0.2, 0.25) is 0 Å². The van der Waals surface area contributed by atoms with E-state index in [4.69, 9.17) is 4.52 Å². The van der Waals surface area contributed by atoms with Gasteiger partial charge in [-0.05, 0) is 67.3 Å². The second-order valence-corrected chi connectivity index (χ2v) is 11.7. The summed E-state index contributed by atoms with van der Waals surface area (Å²) in [4.78, 5) is 2.49. The molecule has 1 atom stereocenters. The number of fused-ring (bicyclic) bond motifs is 1. The second kappa shape index (κ2) is 9.42. The van der Waals surface area contributed by atoms with Crippen LogP contribution in [0.15, 0.2) is 58.3 Å². The minimum Gasteiger partial charge on any atom is -0.363 e. The molecule has 1 aliphatic heterocycles. The van der Waals surface area contributed by atoms with Gasteiger partial charge in [0, 0.05) is 37.6 Å². The fourth-order valence-electron chi connectivity index (χ4n) is 5.01. The highest BCUT2D eigenvalue weighted by Crippen LogP contribution is 2.34. The maximum absolute atomic E-state index is 13.4. The van der Waals surface area contributed by atoms with Crippen molar-refractivity contribution in [2.24, 2.45) is 5.92 Å². The summed E-state index contributed by atoms with van der Waals surface area (Å²) in [6.45, 7) is 10.2. The van der Waals surface area contributed by atoms with Gasteiger partial charge in [0.15, 0.2) is 0 Å². The second-order valence-electron chi connectivity index (χ2n) is 9.83. The number of halogens is 1. The molecule has 0 unspecified atom stereocenters. The number of rotatable bonds is 6. The van der Waals surface area contributed by atoms with Gasteiger partial charge in [-0.1, -0.05) is 19.0 Å². The van der Waals surface area contributed by atoms with Crippen molar-refractivity contribution in [1.29, 1.82) is 0 Å². The largest absolute Gasteiger partial charge is 0.363 e. The zero-order chi connectivity index (χ0) is 25.6. The van der Waals surface area contributed by atoms with Crippen LogP contribution >= 0.6 is 0 Å². The van der Waals surface area contributed by atoms with Crippen molar-refractivity contribution in [3.8, 4) is 5.69 Å². The van der Waals surface area contributed by atoms with Crippen LogP contribution in [0.3, 0.4) is 0 Å². The quantitative estimate of drug-likeness (QED) is 0.380. The van der Waals surface area contributed by atoms with E-state index in [0.717, 1.165) is 34.3 Å². The van der Waals surface area contributed by atoms with Gasteiger partial charge in [0.1, 0.15) is 22.7 Å². The zero-order valence-corrected chi connectivity index (χ0v) is 21.7. The molecule has 1 aliphatic rings. The Kier molecular flexibility index (Phi) is 6.44. The maximum Gasteiger partial charge on any atom is 0.248 e. The van der Waals surface area contributed by atoms with Gasteiger partial charge in [-0.25, -0.2) is 17.5 Å². The van der Waals surface area contributed by atoms with Crippen LogP contribution in [0, 0.1) is 25.6 Å². The van der Waals surface area contributed by atoms with Crippen molar-refractivity contribution in [1.82, 2.24) is 24.1 Å². The van der Waals surface area contributed by atoms with E-state index in [9.17, 15) is 12.8 Å². The molecular formula is C26H30FN5O3S. The molecule has 1 fully saturated rings. The Hall–Kier alpha value is -3.08. The zero-order valence-electron chi connectivity index (χ0n) is 20.8. The number of aromatic nitrogens is 3. The number of nitrogens with zero attached hydrogens (tertiary/aromatic N) is 5. The van der Waals surface area contributed by atoms with Gasteiger partial charge in [-0.2, -0.15) is 9.40 Å². The molecule has 8 nitrogen and oxygen atoms in total. The fourth-order valence-corrected chi connectivity index (χ4v) is 6.52. The summed E-state index contributed by atoms with van der Waals surface area (Å²) in [5.41, 5.74) is 4.17. The van der Waals surface area contributed by atoms with Gasteiger partial charge in [-0.3, -0.25) is 4.90 Å². The molecule has 0 bridgehead atoms. The Morgan fingerprint density at radius 2 is 1.89 bits per heavy atom. The van der Waals surface area contributed by atoms with Crippen LogP contribution < -0.4 is 0 Å². The van der Waals surface area contributed by atoms with Crippen molar-refractivity contribution in [2.75, 3.05) is 26.2 Å². The first-order valence-corrected chi connectivity index (χ1v) is 13.5. The summed E-state index contributed by atoms with van der Waals surface area (Å²) < 4.78 is 48.5. The molecule has 5 rings (SSSR count). The standard InChI is InChI=1S/C26H30FN5O3S/c1-17(2)14-30-9-10-31(36(33,34)26-16-35-29-19(26)4)15-25(30)23-12-20-13-28-32(24(20)11-18(23)3)22-7-5-21(27)6-8-22/h5-8,11-13,16-17,25H,9-10,14-15H2,1-4H3/t25-/m1/s1. The molecule has 36 heavy (non-hydrogen) atoms. The lowest BCUT2D eigenvalue weighted by atomic mass is 9.96. The number of aryl methyl sites for hydroxylation is 2. The Morgan fingerprint density at radius 3 is 2.56 bits per heavy atom. The first-order valence-electron chi connectivity index (χ1n) is 12.0. The lowest BCUT2D eigenvalue weighted by Crippen LogP contribution is -2.51. The summed E-state index contributed by atoms with van der Waals surface area (Å²) in [6, 6.07) is 10.3. The van der Waals surface area contributed by atoms with Crippen LogP contribution in [-0.4, -0.2) is 58.7 Å². The van der Waals surface area contributed by atoms with Gasteiger partial charge >= 0.3 is 0 Å². The molecule has 3 heterocycles. The monoisotopic (exact) mass is 511 g/mol. The molecule has 0 amide bonds. The highest BCUT2D eigenvalue weighted by atomic mass is 32.2. The topological polar surface area (TPSA) is 84.5 Å². The lowest BCUT2D eigenvalue weighted by Gasteiger charge is -2.42. The van der Waals surface area contributed by atoms with Crippen molar-refractivity contribution < 1.29 is 17.3 Å². The number of hydrogen-bond acceptors (Lipinski definition) is 6. The van der Waals surface area contributed by atoms with Crippen LogP contribution in [-0.2, 0) is 10.0 Å². The molecular weight excluding hydrogens is 481 g/mol. The van der Waals surface area contributed by atoms with Crippen LogP contribution in [0.25, 0.3) is 16.6 Å². The van der Waals surface area contributed by atoms with E-state index in [2.05, 4.69) is 41.1 Å². The van der Waals surface area contributed by atoms with Gasteiger partial charge in [-0.15, -0.1) is 0 Å². The van der Waals surface area contributed by atoms with Gasteiger partial charge in [0.05, 0.1) is 17.4 Å². The lowest BCUT2D eigenvalue weighted by molar-refractivity contribution is 0.105. The van der Waals surface area contributed by atoms with E-state index in [1.54, 1.807) is 34.2 Å². The molecule has 2 aromatic heterocycles. The van der Waals surface area contributed by atoms with E-state index in [1.807, 2.05) is 6.92 Å². The van der Waals surface area contributed by atoms with E-state index in [-0.39, 0.29) is 16.8 Å². The molecule has 190 valence electrons. The van der Waals surface area contributed by atoms with Gasteiger partial charge in [0.2, 0.25) is 10.0 Å². The minimum absolute atomic E-state index is 0.116. The first kappa shape index (κ1) is 24.6. The maximum atomic E-state index is 13.4. The minimum atomic E-state index is -3.73. The van der Waals surface area contributed by atoms with Crippen molar-refractivity contribution in [3.63, 3.8) is 0 Å². The van der Waals surface area contributed by atoms with E-state index < -0.39 is 10.0 Å². The predicted octanol–water partition coefficient (Wildman–Crippen LogP) is 4.47. The molecule has 2 aromatic carbocycles. The third-order valence-corrected chi connectivity index (χ3v) is 8.72. The first-order chi connectivity index (χ1) is 17.1. The van der Waals surface area contributed by atoms with E-state index in [0.29, 0.717) is 31.2 Å². The summed E-state index contributed by atoms with van der Waals surface area (Å²) in [5.74, 6) is 0.137. The highest BCUT2D eigenvalue weighted by Gasteiger charge is 2.37. The summed E-state index contributed by atoms with van der Waals surface area (Å²) in [5, 5.41) is 9.26. The van der Waals surface area contributed by atoms with E-state index in [1.165, 1.54) is 18.4 Å². The SMILES string of the molecule is Cc1cc2c(cnn2-c2ccc(F)cc2)cc1[C@H]1CN(S(=O)(=O)c2conc2C)CCN1CC(C)C. The molecule has 0 radical (unpaired) electrons. The third-order valence-electron chi connectivity index (χ3n) is 6.76. The predicted molar refractivity (Wildman–Crippen MR) is 135 cm³/mol. The molecule has 4 aromatic rings. The Labute approximate surface area is 210 Å². The molecule has 0 spiro atoms. The van der Waals surface area contributed by atoms with Crippen LogP contribution in [0.1, 0.15) is 36.7 Å². The summed E-state index contributed by atoms with van der Waals surface area (Å²) >= 11 is 0. The molecule has 10 heteroatoms. The van der Waals surface area contributed by atoms with Crippen molar-refractivity contribution in [3.05, 3.63) is 71.5 Å². The number of benzene rings is 2. The summed E-state index contributed by atoms with van der Waals surface area (Å²) in [6.07, 6.45) is 3.01. The number of hydrogen-bond donors (Lipinski definition) is 0. The molecule has 0 N–H and O–H groups in total. The van der Waals surface area contributed by atoms with Crippen molar-refractivity contribution in [2.45, 2.75) is 38.6 Å².